The van der Waals surface area contributed by atoms with Crippen LogP contribution in [0.2, 0.25) is 0 Å². The fraction of sp³-hybridized carbons (Fsp3) is 0.476. The maximum atomic E-state index is 13.2. The van der Waals surface area contributed by atoms with Gasteiger partial charge in [-0.1, -0.05) is 49.3 Å². The van der Waals surface area contributed by atoms with Gasteiger partial charge in [0.2, 0.25) is 0 Å². The molecule has 3 atom stereocenters. The average Bonchev–Trinajstić information content (AvgIpc) is 3.19. The molecule has 0 radical (unpaired) electrons. The van der Waals surface area contributed by atoms with Gasteiger partial charge in [-0.2, -0.15) is 0 Å². The van der Waals surface area contributed by atoms with Gasteiger partial charge >= 0.3 is 5.97 Å². The Kier molecular flexibility index (Phi) is 4.45. The van der Waals surface area contributed by atoms with Gasteiger partial charge in [0.05, 0.1) is 0 Å². The molecule has 29 heavy (non-hydrogen) atoms. The number of carboxylic acids is 1. The van der Waals surface area contributed by atoms with E-state index in [4.69, 9.17) is 4.52 Å². The number of aromatic nitrogens is 1. The Morgan fingerprint density at radius 3 is 2.52 bits per heavy atom. The Bertz CT molecular complexity index is 972. The third-order valence-corrected chi connectivity index (χ3v) is 7.44. The molecule has 0 aliphatic carbocycles. The van der Waals surface area contributed by atoms with E-state index in [1.807, 2.05) is 65.0 Å². The standard InChI is InChI=1S/C21H25N3O4S/c1-11(2)15-14(13(23-28-15)12-9-7-6-8-10-12)22-21(5)18(27)24-16(17(25)26)20(3,4)29-19(21)24/h6-11,16,19,22H,1-5H3,(H,25,26)/t16-,19+,21?/m0/s1. The second-order valence-electron chi connectivity index (χ2n) is 8.65. The van der Waals surface area contributed by atoms with E-state index >= 15 is 0 Å². The fourth-order valence-corrected chi connectivity index (χ4v) is 5.85. The molecule has 2 aliphatic heterocycles. The van der Waals surface area contributed by atoms with Gasteiger partial charge in [-0.3, -0.25) is 4.79 Å². The van der Waals surface area contributed by atoms with Gasteiger partial charge in [0.25, 0.3) is 5.91 Å². The first-order chi connectivity index (χ1) is 13.6. The van der Waals surface area contributed by atoms with Crippen molar-refractivity contribution in [3.8, 4) is 11.3 Å². The van der Waals surface area contributed by atoms with Crippen molar-refractivity contribution in [3.63, 3.8) is 0 Å². The first-order valence-electron chi connectivity index (χ1n) is 9.64. The first kappa shape index (κ1) is 19.8. The number of carboxylic acid groups (broad SMARTS) is 1. The molecule has 2 aliphatic rings. The van der Waals surface area contributed by atoms with Gasteiger partial charge in [0.1, 0.15) is 28.3 Å². The minimum Gasteiger partial charge on any atom is -0.480 e. The summed E-state index contributed by atoms with van der Waals surface area (Å²) in [5.41, 5.74) is 1.30. The summed E-state index contributed by atoms with van der Waals surface area (Å²) in [4.78, 5) is 26.5. The normalized spacial score (nSPS) is 27.7. The number of hydrogen-bond acceptors (Lipinski definition) is 6. The maximum Gasteiger partial charge on any atom is 0.327 e. The Morgan fingerprint density at radius 2 is 1.93 bits per heavy atom. The Morgan fingerprint density at radius 1 is 1.28 bits per heavy atom. The molecule has 0 saturated carbocycles. The smallest absolute Gasteiger partial charge is 0.327 e. The number of hydrogen-bond donors (Lipinski definition) is 2. The van der Waals surface area contributed by atoms with Crippen molar-refractivity contribution in [3.05, 3.63) is 36.1 Å². The van der Waals surface area contributed by atoms with Gasteiger partial charge in [-0.15, -0.1) is 11.8 Å². The summed E-state index contributed by atoms with van der Waals surface area (Å²) >= 11 is 1.51. The van der Waals surface area contributed by atoms with E-state index in [0.29, 0.717) is 17.1 Å². The van der Waals surface area contributed by atoms with Crippen molar-refractivity contribution in [1.82, 2.24) is 10.1 Å². The van der Waals surface area contributed by atoms with Crippen molar-refractivity contribution in [2.45, 2.75) is 62.2 Å². The summed E-state index contributed by atoms with van der Waals surface area (Å²) in [6.45, 7) is 9.58. The van der Waals surface area contributed by atoms with Crippen molar-refractivity contribution in [2.75, 3.05) is 5.32 Å². The van der Waals surface area contributed by atoms with Crippen LogP contribution in [-0.4, -0.2) is 48.7 Å². The molecule has 0 spiro atoms. The minimum atomic E-state index is -0.974. The maximum absolute atomic E-state index is 13.2. The predicted molar refractivity (Wildman–Crippen MR) is 112 cm³/mol. The van der Waals surface area contributed by atoms with Crippen LogP contribution in [0.1, 0.15) is 46.3 Å². The van der Waals surface area contributed by atoms with E-state index in [9.17, 15) is 14.7 Å². The number of amides is 1. The predicted octanol–water partition coefficient (Wildman–Crippen LogP) is 3.78. The van der Waals surface area contributed by atoms with Crippen molar-refractivity contribution < 1.29 is 19.2 Å². The lowest BCUT2D eigenvalue weighted by molar-refractivity contribution is -0.163. The number of nitrogens with one attached hydrogen (secondary N) is 1. The van der Waals surface area contributed by atoms with Gasteiger partial charge in [-0.25, -0.2) is 4.79 Å². The molecule has 1 aromatic heterocycles. The number of thioether (sulfide) groups is 1. The number of nitrogens with zero attached hydrogens (tertiary/aromatic N) is 2. The van der Waals surface area contributed by atoms with Crippen LogP contribution in [0.4, 0.5) is 5.69 Å². The van der Waals surface area contributed by atoms with Gasteiger partial charge < -0.3 is 19.8 Å². The molecular weight excluding hydrogens is 390 g/mol. The molecule has 3 heterocycles. The largest absolute Gasteiger partial charge is 0.480 e. The lowest BCUT2D eigenvalue weighted by Gasteiger charge is -2.51. The van der Waals surface area contributed by atoms with Gasteiger partial charge in [0, 0.05) is 16.2 Å². The summed E-state index contributed by atoms with van der Waals surface area (Å²) < 4.78 is 5.05. The summed E-state index contributed by atoms with van der Waals surface area (Å²) in [6, 6.07) is 8.82. The monoisotopic (exact) mass is 415 g/mol. The summed E-state index contributed by atoms with van der Waals surface area (Å²) in [7, 11) is 0. The molecule has 2 N–H and O–H groups in total. The molecular formula is C21H25N3O4S. The number of fused-ring (bicyclic) bond motifs is 1. The molecule has 8 heteroatoms. The van der Waals surface area contributed by atoms with Crippen molar-refractivity contribution in [2.24, 2.45) is 0 Å². The number of anilines is 1. The van der Waals surface area contributed by atoms with Crippen LogP contribution in [0.3, 0.4) is 0 Å². The number of rotatable bonds is 5. The van der Waals surface area contributed by atoms with Crippen LogP contribution in [0.15, 0.2) is 34.9 Å². The Balaban J connectivity index is 1.73. The lowest BCUT2D eigenvalue weighted by Crippen LogP contribution is -2.75. The van der Waals surface area contributed by atoms with Crippen LogP contribution < -0.4 is 5.32 Å². The molecule has 7 nitrogen and oxygen atoms in total. The highest BCUT2D eigenvalue weighted by molar-refractivity contribution is 8.01. The number of carbonyl (C=O) groups excluding carboxylic acids is 1. The SMILES string of the molecule is CC(C)c1onc(-c2ccccc2)c1NC1(C)C(=O)N2[C@@H](C(=O)O)C(C)(C)S[C@@H]21. The van der Waals surface area contributed by atoms with Crippen LogP contribution in [-0.2, 0) is 9.59 Å². The lowest BCUT2D eigenvalue weighted by atomic mass is 9.85. The third kappa shape index (κ3) is 2.84. The molecule has 2 aromatic rings. The second-order valence-corrected chi connectivity index (χ2v) is 10.4. The highest BCUT2D eigenvalue weighted by Crippen LogP contribution is 2.56. The van der Waals surface area contributed by atoms with Crippen molar-refractivity contribution >= 4 is 29.3 Å². The zero-order chi connectivity index (χ0) is 21.1. The van der Waals surface area contributed by atoms with E-state index in [0.717, 1.165) is 5.56 Å². The molecule has 4 rings (SSSR count). The summed E-state index contributed by atoms with van der Waals surface area (Å²) in [5.74, 6) is -0.453. The van der Waals surface area contributed by atoms with E-state index in [1.165, 1.54) is 16.7 Å². The van der Waals surface area contributed by atoms with E-state index in [2.05, 4.69) is 10.5 Å². The van der Waals surface area contributed by atoms with E-state index in [1.54, 1.807) is 0 Å². The molecule has 1 unspecified atom stereocenters. The molecule has 0 bridgehead atoms. The number of carbonyl (C=O) groups is 2. The quantitative estimate of drug-likeness (QED) is 0.718. The Labute approximate surface area is 173 Å². The summed E-state index contributed by atoms with van der Waals surface area (Å²) in [6.07, 6.45) is 0. The molecule has 2 saturated heterocycles. The van der Waals surface area contributed by atoms with Crippen LogP contribution in [0.25, 0.3) is 11.3 Å². The topological polar surface area (TPSA) is 95.7 Å². The zero-order valence-corrected chi connectivity index (χ0v) is 17.9. The zero-order valence-electron chi connectivity index (χ0n) is 17.1. The molecule has 1 amide bonds. The first-order valence-corrected chi connectivity index (χ1v) is 10.5. The third-order valence-electron chi connectivity index (χ3n) is 5.69. The van der Waals surface area contributed by atoms with Crippen LogP contribution >= 0.6 is 11.8 Å². The Hall–Kier alpha value is -2.48. The van der Waals surface area contributed by atoms with E-state index < -0.39 is 22.3 Å². The minimum absolute atomic E-state index is 0.0665. The summed E-state index contributed by atoms with van der Waals surface area (Å²) in [5, 5.41) is 17.1. The highest BCUT2D eigenvalue weighted by atomic mass is 32.2. The molecule has 2 fully saturated rings. The average molecular weight is 416 g/mol. The van der Waals surface area contributed by atoms with Crippen LogP contribution in [0, 0.1) is 0 Å². The fourth-order valence-electron chi connectivity index (χ4n) is 4.21. The van der Waals surface area contributed by atoms with Crippen LogP contribution in [0.5, 0.6) is 0 Å². The van der Waals surface area contributed by atoms with Gasteiger partial charge in [-0.05, 0) is 20.8 Å². The number of benzene rings is 1. The number of β-lactam (4-membered cyclic amide) rings is 1. The molecule has 154 valence electrons. The van der Waals surface area contributed by atoms with Crippen molar-refractivity contribution in [1.29, 1.82) is 0 Å². The highest BCUT2D eigenvalue weighted by Gasteiger charge is 2.69. The molecule has 1 aromatic carbocycles. The van der Waals surface area contributed by atoms with E-state index in [-0.39, 0.29) is 17.2 Å². The number of aliphatic carboxylic acids is 1. The van der Waals surface area contributed by atoms with Gasteiger partial charge in [0.15, 0.2) is 5.76 Å². The second kappa shape index (κ2) is 6.52.